The first-order valence-corrected chi connectivity index (χ1v) is 5.13. The Bertz CT molecular complexity index is 264. The van der Waals surface area contributed by atoms with Gasteiger partial charge in [0.15, 0.2) is 0 Å². The minimum atomic E-state index is -1.14. The second kappa shape index (κ2) is 4.52. The van der Waals surface area contributed by atoms with Gasteiger partial charge in [0.05, 0.1) is 6.07 Å². The van der Waals surface area contributed by atoms with Crippen molar-refractivity contribution < 1.29 is 9.90 Å². The summed E-state index contributed by atoms with van der Waals surface area (Å²) in [7, 11) is 0. The van der Waals surface area contributed by atoms with E-state index < -0.39 is 11.6 Å². The van der Waals surface area contributed by atoms with Crippen LogP contribution in [0, 0.1) is 17.2 Å². The minimum Gasteiger partial charge on any atom is -0.465 e. The Morgan fingerprint density at radius 1 is 1.79 bits per heavy atom. The van der Waals surface area contributed by atoms with Crippen LogP contribution in [-0.4, -0.2) is 22.6 Å². The molecule has 0 radical (unpaired) electrons. The molecule has 14 heavy (non-hydrogen) atoms. The summed E-state index contributed by atoms with van der Waals surface area (Å²) >= 11 is 5.72. The van der Waals surface area contributed by atoms with Crippen molar-refractivity contribution in [1.29, 1.82) is 5.26 Å². The van der Waals surface area contributed by atoms with Crippen molar-refractivity contribution in [3.63, 3.8) is 0 Å². The van der Waals surface area contributed by atoms with Gasteiger partial charge < -0.3 is 10.4 Å². The molecule has 1 amide bonds. The zero-order valence-corrected chi connectivity index (χ0v) is 8.55. The molecule has 78 valence electrons. The van der Waals surface area contributed by atoms with Gasteiger partial charge in [0.2, 0.25) is 0 Å². The highest BCUT2D eigenvalue weighted by Gasteiger charge is 2.37. The van der Waals surface area contributed by atoms with Crippen molar-refractivity contribution in [2.45, 2.75) is 31.2 Å². The molecular formula is C9H13ClN2O2. The van der Waals surface area contributed by atoms with Crippen LogP contribution in [0.5, 0.6) is 0 Å². The summed E-state index contributed by atoms with van der Waals surface area (Å²) in [4.78, 5) is 10.5. The molecule has 0 aromatic carbocycles. The van der Waals surface area contributed by atoms with Crippen LogP contribution in [0.2, 0.25) is 0 Å². The quantitative estimate of drug-likeness (QED) is 0.693. The lowest BCUT2D eigenvalue weighted by atomic mass is 9.77. The van der Waals surface area contributed by atoms with E-state index in [2.05, 4.69) is 11.4 Å². The first-order chi connectivity index (χ1) is 6.62. The molecule has 1 aliphatic rings. The maximum Gasteiger partial charge on any atom is 0.405 e. The van der Waals surface area contributed by atoms with Crippen LogP contribution in [0.4, 0.5) is 4.79 Å². The fourth-order valence-corrected chi connectivity index (χ4v) is 2.23. The third-order valence-corrected chi connectivity index (χ3v) is 3.07. The number of carbonyl (C=O) groups is 1. The van der Waals surface area contributed by atoms with E-state index in [-0.39, 0.29) is 5.92 Å². The van der Waals surface area contributed by atoms with E-state index in [1.54, 1.807) is 0 Å². The number of alkyl halides is 1. The van der Waals surface area contributed by atoms with Crippen LogP contribution >= 0.6 is 11.6 Å². The van der Waals surface area contributed by atoms with Gasteiger partial charge in [-0.15, -0.1) is 11.6 Å². The Morgan fingerprint density at radius 3 is 3.00 bits per heavy atom. The summed E-state index contributed by atoms with van der Waals surface area (Å²) in [6.45, 7) is 0. The van der Waals surface area contributed by atoms with Crippen molar-refractivity contribution in [3.05, 3.63) is 0 Å². The summed E-state index contributed by atoms with van der Waals surface area (Å²) in [5.41, 5.74) is -0.913. The Labute approximate surface area is 87.9 Å². The highest BCUT2D eigenvalue weighted by Crippen LogP contribution is 2.32. The number of nitrogens with one attached hydrogen (secondary N) is 1. The summed E-state index contributed by atoms with van der Waals surface area (Å²) in [5.74, 6) is 0.738. The van der Waals surface area contributed by atoms with Gasteiger partial charge in [0.1, 0.15) is 5.54 Å². The molecule has 0 aliphatic heterocycles. The highest BCUT2D eigenvalue weighted by molar-refractivity contribution is 6.18. The van der Waals surface area contributed by atoms with Gasteiger partial charge >= 0.3 is 6.09 Å². The van der Waals surface area contributed by atoms with Crippen molar-refractivity contribution >= 4 is 17.7 Å². The zero-order chi connectivity index (χ0) is 10.6. The van der Waals surface area contributed by atoms with E-state index in [9.17, 15) is 4.79 Å². The van der Waals surface area contributed by atoms with Gasteiger partial charge in [-0.25, -0.2) is 4.79 Å². The van der Waals surface area contributed by atoms with Crippen LogP contribution < -0.4 is 5.32 Å². The molecule has 0 spiro atoms. The maximum absolute atomic E-state index is 10.5. The molecule has 1 saturated carbocycles. The fourth-order valence-electron chi connectivity index (χ4n) is 1.97. The largest absolute Gasteiger partial charge is 0.465 e. The Morgan fingerprint density at radius 2 is 2.50 bits per heavy atom. The SMILES string of the molecule is N#CC1(NC(=O)O)CCCC(CCl)C1. The lowest BCUT2D eigenvalue weighted by Crippen LogP contribution is -2.50. The average Bonchev–Trinajstić information content (AvgIpc) is 2.17. The molecule has 2 unspecified atom stereocenters. The second-order valence-corrected chi connectivity index (χ2v) is 4.05. The molecule has 1 fully saturated rings. The van der Waals surface area contributed by atoms with Crippen molar-refractivity contribution in [2.24, 2.45) is 5.92 Å². The minimum absolute atomic E-state index is 0.247. The Hall–Kier alpha value is -0.950. The van der Waals surface area contributed by atoms with E-state index in [0.717, 1.165) is 12.8 Å². The first kappa shape index (κ1) is 11.1. The van der Waals surface area contributed by atoms with Crippen molar-refractivity contribution in [3.8, 4) is 6.07 Å². The van der Waals surface area contributed by atoms with Crippen LogP contribution in [0.15, 0.2) is 0 Å². The number of halogens is 1. The van der Waals surface area contributed by atoms with E-state index in [0.29, 0.717) is 18.7 Å². The number of rotatable bonds is 2. The summed E-state index contributed by atoms with van der Waals surface area (Å²) in [6.07, 6.45) is 1.81. The number of amides is 1. The topological polar surface area (TPSA) is 73.1 Å². The number of nitriles is 1. The molecule has 0 aromatic heterocycles. The molecule has 5 heteroatoms. The van der Waals surface area contributed by atoms with E-state index in [4.69, 9.17) is 22.0 Å². The fraction of sp³-hybridized carbons (Fsp3) is 0.778. The predicted molar refractivity (Wildman–Crippen MR) is 52.2 cm³/mol. The van der Waals surface area contributed by atoms with E-state index >= 15 is 0 Å². The average molecular weight is 217 g/mol. The van der Waals surface area contributed by atoms with Gasteiger partial charge in [-0.1, -0.05) is 0 Å². The molecule has 0 bridgehead atoms. The van der Waals surface area contributed by atoms with Gasteiger partial charge in [-0.05, 0) is 31.6 Å². The number of nitrogens with zero attached hydrogens (tertiary/aromatic N) is 1. The standard InChI is InChI=1S/C9H13ClN2O2/c10-5-7-2-1-3-9(4-7,6-11)12-8(13)14/h7,12H,1-5H2,(H,13,14). The van der Waals surface area contributed by atoms with E-state index in [1.165, 1.54) is 0 Å². The van der Waals surface area contributed by atoms with Gasteiger partial charge in [-0.3, -0.25) is 0 Å². The molecule has 1 rings (SSSR count). The smallest absolute Gasteiger partial charge is 0.405 e. The van der Waals surface area contributed by atoms with Gasteiger partial charge in [0, 0.05) is 5.88 Å². The van der Waals surface area contributed by atoms with Gasteiger partial charge in [0.25, 0.3) is 0 Å². The van der Waals surface area contributed by atoms with Crippen LogP contribution in [0.3, 0.4) is 0 Å². The van der Waals surface area contributed by atoms with Crippen LogP contribution in [0.1, 0.15) is 25.7 Å². The lowest BCUT2D eigenvalue weighted by molar-refractivity contribution is 0.169. The molecule has 0 heterocycles. The zero-order valence-electron chi connectivity index (χ0n) is 7.79. The van der Waals surface area contributed by atoms with Gasteiger partial charge in [-0.2, -0.15) is 5.26 Å². The second-order valence-electron chi connectivity index (χ2n) is 3.74. The molecule has 0 aromatic rings. The summed E-state index contributed by atoms with van der Waals surface area (Å²) < 4.78 is 0. The molecular weight excluding hydrogens is 204 g/mol. The summed E-state index contributed by atoms with van der Waals surface area (Å²) in [6, 6.07) is 2.06. The first-order valence-electron chi connectivity index (χ1n) is 4.60. The number of carboxylic acid groups (broad SMARTS) is 1. The van der Waals surface area contributed by atoms with Crippen LogP contribution in [0.25, 0.3) is 0 Å². The van der Waals surface area contributed by atoms with Crippen molar-refractivity contribution in [1.82, 2.24) is 5.32 Å². The van der Waals surface area contributed by atoms with Crippen molar-refractivity contribution in [2.75, 3.05) is 5.88 Å². The molecule has 4 nitrogen and oxygen atoms in total. The molecule has 1 aliphatic carbocycles. The third-order valence-electron chi connectivity index (χ3n) is 2.63. The molecule has 2 N–H and O–H groups in total. The molecule has 0 saturated heterocycles. The monoisotopic (exact) mass is 216 g/mol. The summed E-state index contributed by atoms with van der Waals surface area (Å²) in [5, 5.41) is 19.9. The predicted octanol–water partition coefficient (Wildman–Crippen LogP) is 1.95. The van der Waals surface area contributed by atoms with Crippen LogP contribution in [-0.2, 0) is 0 Å². The Kier molecular flexibility index (Phi) is 3.59. The normalized spacial score (nSPS) is 31.9. The highest BCUT2D eigenvalue weighted by atomic mass is 35.5. The lowest BCUT2D eigenvalue weighted by Gasteiger charge is -2.34. The maximum atomic E-state index is 10.5. The molecule has 2 atom stereocenters. The third kappa shape index (κ3) is 2.52. The van der Waals surface area contributed by atoms with E-state index in [1.807, 2.05) is 0 Å². The Balaban J connectivity index is 2.69. The number of hydrogen-bond donors (Lipinski definition) is 2. The number of hydrogen-bond acceptors (Lipinski definition) is 2.